The van der Waals surface area contributed by atoms with E-state index in [4.69, 9.17) is 10.5 Å². The molecule has 0 aliphatic carbocycles. The van der Waals surface area contributed by atoms with Crippen LogP contribution in [0.25, 0.3) is 0 Å². The number of rotatable bonds is 3. The lowest BCUT2D eigenvalue weighted by atomic mass is 10.2. The van der Waals surface area contributed by atoms with Crippen molar-refractivity contribution in [1.82, 2.24) is 0 Å². The molecule has 3 heteroatoms. The number of nitrogens with zero attached hydrogens (tertiary/aromatic N) is 2. The van der Waals surface area contributed by atoms with Gasteiger partial charge in [-0.15, -0.1) is 0 Å². The first kappa shape index (κ1) is 10.8. The van der Waals surface area contributed by atoms with Crippen LogP contribution in [0, 0.1) is 29.6 Å². The fraction of sp³-hybridized carbons (Fsp3) is 0.167. The van der Waals surface area contributed by atoms with Gasteiger partial charge in [-0.3, -0.25) is 0 Å². The van der Waals surface area contributed by atoms with Gasteiger partial charge in [-0.05, 0) is 18.6 Å². The van der Waals surface area contributed by atoms with Gasteiger partial charge >= 0.3 is 0 Å². The van der Waals surface area contributed by atoms with Crippen LogP contribution in [0.4, 0.5) is 5.69 Å². The highest BCUT2D eigenvalue weighted by atomic mass is 14.8. The van der Waals surface area contributed by atoms with E-state index in [0.29, 0.717) is 5.57 Å². The van der Waals surface area contributed by atoms with E-state index < -0.39 is 0 Å². The number of hydrogen-bond acceptors (Lipinski definition) is 3. The van der Waals surface area contributed by atoms with Crippen molar-refractivity contribution in [3.05, 3.63) is 41.6 Å². The maximum absolute atomic E-state index is 8.70. The molecule has 0 spiro atoms. The van der Waals surface area contributed by atoms with Crippen LogP contribution >= 0.6 is 0 Å². The first-order chi connectivity index (χ1) is 7.27. The van der Waals surface area contributed by atoms with Crippen LogP contribution in [-0.4, -0.2) is 0 Å². The van der Waals surface area contributed by atoms with Crippen LogP contribution in [0.15, 0.2) is 36.0 Å². The topological polar surface area (TPSA) is 59.6 Å². The van der Waals surface area contributed by atoms with Crippen molar-refractivity contribution < 1.29 is 0 Å². The maximum Gasteiger partial charge on any atom is 0.0973 e. The van der Waals surface area contributed by atoms with Crippen molar-refractivity contribution in [2.24, 2.45) is 0 Å². The summed E-state index contributed by atoms with van der Waals surface area (Å²) in [6, 6.07) is 11.7. The highest BCUT2D eigenvalue weighted by Gasteiger charge is 1.96. The second-order valence-electron chi connectivity index (χ2n) is 3.08. The molecule has 1 aromatic carbocycles. The summed E-state index contributed by atoms with van der Waals surface area (Å²) >= 11 is 0. The Morgan fingerprint density at radius 3 is 2.73 bits per heavy atom. The summed E-state index contributed by atoms with van der Waals surface area (Å²) in [6.07, 6.45) is 1.71. The molecule has 0 fully saturated rings. The molecule has 1 aromatic rings. The van der Waals surface area contributed by atoms with Crippen LogP contribution in [-0.2, 0) is 0 Å². The van der Waals surface area contributed by atoms with Gasteiger partial charge in [0.2, 0.25) is 0 Å². The first-order valence-corrected chi connectivity index (χ1v) is 4.56. The van der Waals surface area contributed by atoms with Gasteiger partial charge in [0, 0.05) is 11.9 Å². The summed E-state index contributed by atoms with van der Waals surface area (Å²) in [4.78, 5) is 0. The minimum Gasteiger partial charge on any atom is -0.360 e. The van der Waals surface area contributed by atoms with Gasteiger partial charge in [-0.1, -0.05) is 18.2 Å². The fourth-order valence-electron chi connectivity index (χ4n) is 1.11. The third-order valence-electron chi connectivity index (χ3n) is 1.96. The average Bonchev–Trinajstić information content (AvgIpc) is 2.26. The van der Waals surface area contributed by atoms with Crippen molar-refractivity contribution >= 4 is 5.69 Å². The second kappa shape index (κ2) is 5.47. The minimum absolute atomic E-state index is 0.134. The summed E-state index contributed by atoms with van der Waals surface area (Å²) in [5, 5.41) is 20.2. The van der Waals surface area contributed by atoms with Crippen molar-refractivity contribution in [2.75, 3.05) is 5.32 Å². The van der Waals surface area contributed by atoms with E-state index in [1.54, 1.807) is 6.20 Å². The Morgan fingerprint density at radius 1 is 1.40 bits per heavy atom. The zero-order valence-electron chi connectivity index (χ0n) is 8.49. The molecule has 0 heterocycles. The molecule has 0 unspecified atom stereocenters. The highest BCUT2D eigenvalue weighted by molar-refractivity contribution is 5.53. The van der Waals surface area contributed by atoms with E-state index in [2.05, 4.69) is 5.32 Å². The number of allylic oxidation sites excluding steroid dienone is 1. The van der Waals surface area contributed by atoms with Crippen LogP contribution < -0.4 is 5.32 Å². The van der Waals surface area contributed by atoms with Gasteiger partial charge in [0.1, 0.15) is 0 Å². The van der Waals surface area contributed by atoms with Gasteiger partial charge in [-0.2, -0.15) is 10.5 Å². The number of anilines is 1. The summed E-state index contributed by atoms with van der Waals surface area (Å²) in [5.41, 5.74) is 2.48. The van der Waals surface area contributed by atoms with Crippen molar-refractivity contribution in [1.29, 1.82) is 10.5 Å². The summed E-state index contributed by atoms with van der Waals surface area (Å²) in [5.74, 6) is 0. The number of aryl methyl sites for hydroxylation is 1. The molecule has 0 saturated carbocycles. The molecular weight excluding hydrogens is 186 g/mol. The van der Waals surface area contributed by atoms with Gasteiger partial charge in [0.05, 0.1) is 24.1 Å². The summed E-state index contributed by atoms with van der Waals surface area (Å²) < 4.78 is 0. The lowest BCUT2D eigenvalue weighted by Gasteiger charge is -2.04. The van der Waals surface area contributed by atoms with Crippen molar-refractivity contribution in [3.8, 4) is 12.1 Å². The normalized spacial score (nSPS) is 10.2. The van der Waals surface area contributed by atoms with Gasteiger partial charge in [-0.25, -0.2) is 0 Å². The largest absolute Gasteiger partial charge is 0.360 e. The molecular formula is C12H11N3. The number of para-hydroxylation sites is 1. The number of nitriles is 2. The van der Waals surface area contributed by atoms with Crippen LogP contribution in [0.3, 0.4) is 0 Å². The molecule has 0 saturated heterocycles. The van der Waals surface area contributed by atoms with Gasteiger partial charge in [0.15, 0.2) is 0 Å². The Balaban J connectivity index is 2.76. The third-order valence-corrected chi connectivity index (χ3v) is 1.96. The molecule has 1 rings (SSSR count). The standard InChI is InChI=1S/C12H11N3/c1-10-4-2-3-5-12(10)15-9-11(8-14)6-7-13/h2-5,9,15H,6H2,1H3/b11-9-. The molecule has 3 nitrogen and oxygen atoms in total. The minimum atomic E-state index is 0.134. The van der Waals surface area contributed by atoms with Crippen molar-refractivity contribution in [2.45, 2.75) is 13.3 Å². The molecule has 0 atom stereocenters. The maximum atomic E-state index is 8.70. The van der Waals surface area contributed by atoms with E-state index >= 15 is 0 Å². The molecule has 0 aliphatic heterocycles. The lowest BCUT2D eigenvalue weighted by Crippen LogP contribution is -1.92. The first-order valence-electron chi connectivity index (χ1n) is 4.56. The zero-order valence-corrected chi connectivity index (χ0v) is 8.49. The Kier molecular flexibility index (Phi) is 3.94. The van der Waals surface area contributed by atoms with Crippen LogP contribution in [0.5, 0.6) is 0 Å². The second-order valence-corrected chi connectivity index (χ2v) is 3.08. The van der Waals surface area contributed by atoms with Gasteiger partial charge in [0.25, 0.3) is 0 Å². The molecule has 1 N–H and O–H groups in total. The molecule has 0 radical (unpaired) electrons. The molecule has 0 amide bonds. The summed E-state index contributed by atoms with van der Waals surface area (Å²) in [7, 11) is 0. The Morgan fingerprint density at radius 2 is 2.13 bits per heavy atom. The van der Waals surface area contributed by atoms with Gasteiger partial charge < -0.3 is 5.32 Å². The van der Waals surface area contributed by atoms with Crippen LogP contribution in [0.1, 0.15) is 12.0 Å². The Labute approximate surface area is 89.3 Å². The monoisotopic (exact) mass is 197 g/mol. The molecule has 0 aliphatic rings. The fourth-order valence-corrected chi connectivity index (χ4v) is 1.11. The predicted octanol–water partition coefficient (Wildman–Crippen LogP) is 2.73. The summed E-state index contributed by atoms with van der Waals surface area (Å²) in [6.45, 7) is 1.98. The quantitative estimate of drug-likeness (QED) is 0.758. The zero-order chi connectivity index (χ0) is 11.1. The Hall–Kier alpha value is -2.26. The van der Waals surface area contributed by atoms with E-state index in [9.17, 15) is 0 Å². The molecule has 74 valence electrons. The number of benzene rings is 1. The Bertz CT molecular complexity index is 447. The molecule has 0 aromatic heterocycles. The number of nitrogens with one attached hydrogen (secondary N) is 1. The van der Waals surface area contributed by atoms with Crippen LogP contribution in [0.2, 0.25) is 0 Å². The molecule has 15 heavy (non-hydrogen) atoms. The third kappa shape index (κ3) is 3.17. The van der Waals surface area contributed by atoms with Crippen molar-refractivity contribution in [3.63, 3.8) is 0 Å². The smallest absolute Gasteiger partial charge is 0.0973 e. The molecule has 0 bridgehead atoms. The number of hydrogen-bond donors (Lipinski definition) is 1. The van der Waals surface area contributed by atoms with E-state index in [-0.39, 0.29) is 6.42 Å². The van der Waals surface area contributed by atoms with E-state index in [1.807, 2.05) is 43.3 Å². The average molecular weight is 197 g/mol. The van der Waals surface area contributed by atoms with E-state index in [0.717, 1.165) is 11.3 Å². The highest BCUT2D eigenvalue weighted by Crippen LogP contribution is 2.13. The van der Waals surface area contributed by atoms with E-state index in [1.165, 1.54) is 0 Å². The SMILES string of the molecule is Cc1ccccc1N/C=C(\C#N)CC#N. The predicted molar refractivity (Wildman–Crippen MR) is 58.7 cm³/mol. The lowest BCUT2D eigenvalue weighted by molar-refractivity contribution is 1.26.